The van der Waals surface area contributed by atoms with Gasteiger partial charge >= 0.3 is 12.2 Å². The fraction of sp³-hybridized carbons (Fsp3) is 0.304. The van der Waals surface area contributed by atoms with Crippen molar-refractivity contribution in [2.75, 3.05) is 11.5 Å². The molecule has 0 spiro atoms. The summed E-state index contributed by atoms with van der Waals surface area (Å²) in [5, 5.41) is 25.9. The van der Waals surface area contributed by atoms with Crippen LogP contribution in [0, 0.1) is 11.3 Å². The third-order valence-electron chi connectivity index (χ3n) is 5.81. The van der Waals surface area contributed by atoms with Gasteiger partial charge in [0.15, 0.2) is 0 Å². The van der Waals surface area contributed by atoms with Crippen molar-refractivity contribution >= 4 is 17.6 Å². The monoisotopic (exact) mass is 499 g/mol. The third-order valence-corrected chi connectivity index (χ3v) is 5.81. The Morgan fingerprint density at radius 3 is 2.50 bits per heavy atom. The molecule has 1 aromatic carbocycles. The average molecular weight is 499 g/mol. The summed E-state index contributed by atoms with van der Waals surface area (Å²) in [5.41, 5.74) is -1.89. The lowest BCUT2D eigenvalue weighted by molar-refractivity contribution is -0.137. The molecular formula is C23H20F3N7O3. The maximum Gasteiger partial charge on any atom is 0.417 e. The number of rotatable bonds is 6. The predicted octanol–water partition coefficient (Wildman–Crippen LogP) is 2.97. The Labute approximate surface area is 203 Å². The van der Waals surface area contributed by atoms with Gasteiger partial charge in [0.25, 0.3) is 5.91 Å². The van der Waals surface area contributed by atoms with Crippen LogP contribution >= 0.6 is 0 Å². The Kier molecular flexibility index (Phi) is 6.23. The average Bonchev–Trinajstić information content (AvgIpc) is 3.36. The maximum atomic E-state index is 13.4. The number of nitrogens with zero attached hydrogens (tertiary/aromatic N) is 7. The van der Waals surface area contributed by atoms with Crippen LogP contribution in [-0.2, 0) is 24.1 Å². The number of urea groups is 1. The predicted molar refractivity (Wildman–Crippen MR) is 119 cm³/mol. The van der Waals surface area contributed by atoms with Crippen LogP contribution in [0.15, 0.2) is 42.7 Å². The van der Waals surface area contributed by atoms with Crippen molar-refractivity contribution < 1.29 is 27.9 Å². The second-order valence-electron chi connectivity index (χ2n) is 8.55. The standard InChI is InChI=1S/C23H20F3N7O3/c1-22(2)20(35)33(16-5-4-15(10-27)17(9-16)23(24,25)26)21(36)32(22)12-14-3-6-18(28-11-14)19-13-31(7-8-34)30-29-19/h3-6,9,11,13,34H,7-8,12H2,1-2H3. The van der Waals surface area contributed by atoms with E-state index in [2.05, 4.69) is 15.3 Å². The lowest BCUT2D eigenvalue weighted by atomic mass is 10.0. The molecule has 3 aromatic rings. The minimum Gasteiger partial charge on any atom is -0.394 e. The highest BCUT2D eigenvalue weighted by Crippen LogP contribution is 2.38. The van der Waals surface area contributed by atoms with E-state index in [1.54, 1.807) is 18.3 Å². The van der Waals surface area contributed by atoms with Gasteiger partial charge in [-0.3, -0.25) is 9.78 Å². The highest BCUT2D eigenvalue weighted by molar-refractivity contribution is 6.23. The number of carbonyl (C=O) groups excluding carboxylic acids is 2. The molecule has 1 fully saturated rings. The fourth-order valence-corrected chi connectivity index (χ4v) is 3.81. The lowest BCUT2D eigenvalue weighted by Gasteiger charge is -2.27. The molecule has 4 rings (SSSR count). The highest BCUT2D eigenvalue weighted by Gasteiger charge is 2.52. The summed E-state index contributed by atoms with van der Waals surface area (Å²) in [7, 11) is 0. The van der Waals surface area contributed by atoms with Crippen molar-refractivity contribution in [1.82, 2.24) is 24.9 Å². The molecule has 1 aliphatic heterocycles. The molecule has 0 radical (unpaired) electrons. The van der Waals surface area contributed by atoms with Gasteiger partial charge in [-0.2, -0.15) is 18.4 Å². The maximum absolute atomic E-state index is 13.4. The minimum atomic E-state index is -4.83. The van der Waals surface area contributed by atoms with Crippen LogP contribution < -0.4 is 4.90 Å². The van der Waals surface area contributed by atoms with Gasteiger partial charge in [0.05, 0.1) is 54.5 Å². The number of amides is 3. The van der Waals surface area contributed by atoms with Gasteiger partial charge in [-0.25, -0.2) is 14.4 Å². The number of anilines is 1. The van der Waals surface area contributed by atoms with E-state index in [4.69, 9.17) is 10.4 Å². The minimum absolute atomic E-state index is 0.0268. The fourth-order valence-electron chi connectivity index (χ4n) is 3.81. The van der Waals surface area contributed by atoms with Crippen LogP contribution in [-0.4, -0.2) is 54.1 Å². The van der Waals surface area contributed by atoms with E-state index in [0.717, 1.165) is 12.1 Å². The largest absolute Gasteiger partial charge is 0.417 e. The van der Waals surface area contributed by atoms with Gasteiger partial charge in [0.1, 0.15) is 11.2 Å². The first kappa shape index (κ1) is 24.8. The van der Waals surface area contributed by atoms with E-state index in [1.807, 2.05) is 0 Å². The molecule has 10 nitrogen and oxygen atoms in total. The molecule has 3 amide bonds. The van der Waals surface area contributed by atoms with E-state index < -0.39 is 34.8 Å². The van der Waals surface area contributed by atoms with Crippen molar-refractivity contribution in [3.63, 3.8) is 0 Å². The molecule has 0 atom stereocenters. The normalized spacial score (nSPS) is 15.5. The van der Waals surface area contributed by atoms with E-state index in [-0.39, 0.29) is 25.4 Å². The molecule has 1 N–H and O–H groups in total. The van der Waals surface area contributed by atoms with E-state index >= 15 is 0 Å². The molecule has 36 heavy (non-hydrogen) atoms. The molecule has 3 heterocycles. The van der Waals surface area contributed by atoms with Crippen molar-refractivity contribution in [3.05, 3.63) is 59.4 Å². The number of hydrogen-bond acceptors (Lipinski definition) is 7. The van der Waals surface area contributed by atoms with Crippen molar-refractivity contribution in [2.24, 2.45) is 0 Å². The topological polar surface area (TPSA) is 128 Å². The number of halogens is 3. The summed E-state index contributed by atoms with van der Waals surface area (Å²) < 4.78 is 41.8. The lowest BCUT2D eigenvalue weighted by Crippen LogP contribution is -2.43. The molecule has 0 saturated carbocycles. The Balaban J connectivity index is 1.60. The van der Waals surface area contributed by atoms with Gasteiger partial charge in [0, 0.05) is 6.20 Å². The molecule has 186 valence electrons. The second-order valence-corrected chi connectivity index (χ2v) is 8.55. The number of aliphatic hydroxyl groups excluding tert-OH is 1. The summed E-state index contributed by atoms with van der Waals surface area (Å²) in [4.78, 5) is 32.6. The summed E-state index contributed by atoms with van der Waals surface area (Å²) in [6.07, 6.45) is -1.71. The molecule has 0 bridgehead atoms. The summed E-state index contributed by atoms with van der Waals surface area (Å²) in [6, 6.07) is 6.75. The SMILES string of the molecule is CC1(C)C(=O)N(c2ccc(C#N)c(C(F)(F)F)c2)C(=O)N1Cc1ccc(-c2cn(CCO)nn2)nc1. The number of nitriles is 1. The Morgan fingerprint density at radius 2 is 1.89 bits per heavy atom. The zero-order chi connectivity index (χ0) is 26.3. The van der Waals surface area contributed by atoms with Crippen LogP contribution in [0.4, 0.5) is 23.7 Å². The third kappa shape index (κ3) is 4.38. The molecule has 2 aromatic heterocycles. The summed E-state index contributed by atoms with van der Waals surface area (Å²) in [5.74, 6) is -0.699. The summed E-state index contributed by atoms with van der Waals surface area (Å²) >= 11 is 0. The molecule has 1 aliphatic rings. The summed E-state index contributed by atoms with van der Waals surface area (Å²) in [6.45, 7) is 3.17. The number of hydrogen-bond donors (Lipinski definition) is 1. The van der Waals surface area contributed by atoms with Crippen molar-refractivity contribution in [2.45, 2.75) is 38.7 Å². The second kappa shape index (κ2) is 9.04. The van der Waals surface area contributed by atoms with E-state index in [1.165, 1.54) is 35.7 Å². The first-order valence-electron chi connectivity index (χ1n) is 10.7. The van der Waals surface area contributed by atoms with Gasteiger partial charge in [-0.1, -0.05) is 11.3 Å². The first-order chi connectivity index (χ1) is 17.0. The number of alkyl halides is 3. The van der Waals surface area contributed by atoms with Gasteiger partial charge in [-0.15, -0.1) is 5.10 Å². The van der Waals surface area contributed by atoms with Crippen LogP contribution in [0.5, 0.6) is 0 Å². The molecule has 0 unspecified atom stereocenters. The van der Waals surface area contributed by atoms with Crippen LogP contribution in [0.3, 0.4) is 0 Å². The number of aliphatic hydroxyl groups is 1. The smallest absolute Gasteiger partial charge is 0.394 e. The van der Waals surface area contributed by atoms with Gasteiger partial charge in [-0.05, 0) is 43.7 Å². The number of carbonyl (C=O) groups is 2. The van der Waals surface area contributed by atoms with Crippen LogP contribution in [0.1, 0.15) is 30.5 Å². The molecule has 13 heteroatoms. The van der Waals surface area contributed by atoms with Crippen molar-refractivity contribution in [3.8, 4) is 17.5 Å². The van der Waals surface area contributed by atoms with Crippen LogP contribution in [0.2, 0.25) is 0 Å². The van der Waals surface area contributed by atoms with E-state index in [0.29, 0.717) is 27.9 Å². The first-order valence-corrected chi connectivity index (χ1v) is 10.7. The molecule has 1 saturated heterocycles. The Morgan fingerprint density at radius 1 is 1.14 bits per heavy atom. The highest BCUT2D eigenvalue weighted by atomic mass is 19.4. The Bertz CT molecular complexity index is 1360. The zero-order valence-electron chi connectivity index (χ0n) is 19.2. The quantitative estimate of drug-likeness (QED) is 0.517. The molecule has 0 aliphatic carbocycles. The number of aromatic nitrogens is 4. The number of pyridine rings is 1. The molecular weight excluding hydrogens is 479 g/mol. The number of benzene rings is 1. The van der Waals surface area contributed by atoms with Gasteiger partial charge < -0.3 is 10.0 Å². The van der Waals surface area contributed by atoms with Crippen LogP contribution in [0.25, 0.3) is 11.4 Å². The van der Waals surface area contributed by atoms with E-state index in [9.17, 15) is 22.8 Å². The number of imide groups is 1. The zero-order valence-corrected chi connectivity index (χ0v) is 19.2. The van der Waals surface area contributed by atoms with Gasteiger partial charge in [0.2, 0.25) is 0 Å². The Hall–Kier alpha value is -4.31. The van der Waals surface area contributed by atoms with Crippen molar-refractivity contribution in [1.29, 1.82) is 5.26 Å².